The minimum absolute atomic E-state index is 0.250. The number of hydrogen-bond donors (Lipinski definition) is 1. The molecule has 1 saturated carbocycles. The molecular weight excluding hydrogens is 472 g/mol. The number of rotatable bonds is 10. The topological polar surface area (TPSA) is 64.8 Å². The van der Waals surface area contributed by atoms with Gasteiger partial charge in [0.25, 0.3) is 0 Å². The van der Waals surface area contributed by atoms with Crippen LogP contribution in [0.1, 0.15) is 81.9 Å². The molecule has 4 rings (SSSR count). The maximum Gasteiger partial charge on any atom is 0.204 e. The quantitative estimate of drug-likeness (QED) is 0.259. The second-order valence-corrected chi connectivity index (χ2v) is 10.7. The second kappa shape index (κ2) is 20.4. The summed E-state index contributed by atoms with van der Waals surface area (Å²) in [5, 5.41) is 0. The van der Waals surface area contributed by atoms with Crippen LogP contribution in [-0.4, -0.2) is 45.2 Å². The van der Waals surface area contributed by atoms with Crippen LogP contribution in [0.15, 0.2) is 42.5 Å². The van der Waals surface area contributed by atoms with Crippen molar-refractivity contribution in [3.8, 4) is 11.5 Å². The minimum atomic E-state index is 0.250. The van der Waals surface area contributed by atoms with Crippen LogP contribution in [-0.2, 0) is 11.2 Å². The summed E-state index contributed by atoms with van der Waals surface area (Å²) in [6.45, 7) is 12.7. The van der Waals surface area contributed by atoms with Gasteiger partial charge in [0.15, 0.2) is 0 Å². The number of carbonyl (C=O) groups excluding carboxylic acids is 1. The lowest BCUT2D eigenvalue weighted by Gasteiger charge is -2.24. The van der Waals surface area contributed by atoms with E-state index in [1.54, 1.807) is 14.2 Å². The number of amides is 1. The first-order valence-electron chi connectivity index (χ1n) is 14.5. The zero-order chi connectivity index (χ0) is 28.2. The minimum Gasteiger partial charge on any atom is -0.497 e. The van der Waals surface area contributed by atoms with Gasteiger partial charge in [0.2, 0.25) is 6.41 Å². The van der Waals surface area contributed by atoms with Crippen molar-refractivity contribution >= 4 is 6.41 Å². The molecule has 2 aromatic carbocycles. The molecule has 0 radical (unpaired) electrons. The predicted molar refractivity (Wildman–Crippen MR) is 161 cm³/mol. The van der Waals surface area contributed by atoms with Crippen molar-refractivity contribution in [2.75, 3.05) is 33.9 Å². The van der Waals surface area contributed by atoms with Gasteiger partial charge >= 0.3 is 0 Å². The van der Waals surface area contributed by atoms with Gasteiger partial charge in [-0.2, -0.15) is 0 Å². The molecule has 1 aliphatic carbocycles. The molecule has 1 amide bonds. The van der Waals surface area contributed by atoms with Gasteiger partial charge in [-0.1, -0.05) is 75.8 Å². The molecule has 2 N–H and O–H groups in total. The molecule has 1 atom stereocenters. The molecule has 0 bridgehead atoms. The van der Waals surface area contributed by atoms with E-state index < -0.39 is 0 Å². The number of primary amides is 1. The van der Waals surface area contributed by atoms with E-state index in [-0.39, 0.29) is 6.41 Å². The Morgan fingerprint density at radius 2 is 1.61 bits per heavy atom. The largest absolute Gasteiger partial charge is 0.497 e. The Morgan fingerprint density at radius 1 is 1.00 bits per heavy atom. The van der Waals surface area contributed by atoms with E-state index in [0.717, 1.165) is 23.3 Å². The summed E-state index contributed by atoms with van der Waals surface area (Å²) in [5.74, 6) is 3.81. The molecule has 2 aromatic rings. The van der Waals surface area contributed by atoms with Crippen LogP contribution in [0.2, 0.25) is 0 Å². The van der Waals surface area contributed by atoms with E-state index in [2.05, 4.69) is 56.5 Å². The van der Waals surface area contributed by atoms with Crippen LogP contribution in [0.25, 0.3) is 0 Å². The van der Waals surface area contributed by atoms with E-state index in [0.29, 0.717) is 0 Å². The summed E-state index contributed by atoms with van der Waals surface area (Å²) >= 11 is 0. The molecular formula is C33H54N2O3. The standard InChI is InChI=1S/C20H33NO.C8H10O.C4H8.CH3NO/c1-4-5-6-9-19(16-21-12-7-8-13-21)15-18-10-11-20(22-3)17(2)14-18;1-7-3-5-8(9-2)6-4-7;1-4-2-3-4;2-1-3/h10-11,14,19H,4-9,12-13,15-16H2,1-3H3;3-6H,1-2H3;4H,2-3H2,1H3;1H,(H2,2,3). The van der Waals surface area contributed by atoms with Gasteiger partial charge in [0, 0.05) is 6.54 Å². The van der Waals surface area contributed by atoms with Crippen LogP contribution in [0.5, 0.6) is 11.5 Å². The highest BCUT2D eigenvalue weighted by atomic mass is 16.5. The Balaban J connectivity index is 0.000000365. The first-order valence-corrected chi connectivity index (χ1v) is 14.5. The van der Waals surface area contributed by atoms with Crippen molar-refractivity contribution in [2.24, 2.45) is 17.6 Å². The van der Waals surface area contributed by atoms with E-state index in [4.69, 9.17) is 14.3 Å². The van der Waals surface area contributed by atoms with Gasteiger partial charge < -0.3 is 20.1 Å². The van der Waals surface area contributed by atoms with Crippen molar-refractivity contribution in [3.63, 3.8) is 0 Å². The molecule has 1 heterocycles. The molecule has 0 aromatic heterocycles. The SMILES string of the molecule is CC1CC1.CCCCCC(Cc1ccc(OC)c(C)c1)CN1CCCC1.COc1ccc(C)cc1.NC=O. The van der Waals surface area contributed by atoms with Crippen LogP contribution in [0.4, 0.5) is 0 Å². The van der Waals surface area contributed by atoms with Crippen molar-refractivity contribution in [3.05, 3.63) is 59.2 Å². The van der Waals surface area contributed by atoms with E-state index in [1.807, 2.05) is 24.3 Å². The number of likely N-dealkylation sites (tertiary alicyclic amines) is 1. The lowest BCUT2D eigenvalue weighted by atomic mass is 9.92. The van der Waals surface area contributed by atoms with Crippen molar-refractivity contribution in [1.29, 1.82) is 0 Å². The normalized spacial score (nSPS) is 15.0. The summed E-state index contributed by atoms with van der Waals surface area (Å²) < 4.78 is 10.4. The molecule has 1 unspecified atom stereocenters. The van der Waals surface area contributed by atoms with Crippen LogP contribution < -0.4 is 15.2 Å². The van der Waals surface area contributed by atoms with Crippen molar-refractivity contribution < 1.29 is 14.3 Å². The van der Waals surface area contributed by atoms with Crippen molar-refractivity contribution in [1.82, 2.24) is 4.90 Å². The summed E-state index contributed by atoms with van der Waals surface area (Å²) in [5.41, 5.74) is 8.16. The van der Waals surface area contributed by atoms with Gasteiger partial charge in [-0.05, 0) is 93.8 Å². The molecule has 2 aliphatic rings. The maximum atomic E-state index is 8.58. The number of hydrogen-bond acceptors (Lipinski definition) is 4. The zero-order valence-electron chi connectivity index (χ0n) is 25.0. The zero-order valence-corrected chi connectivity index (χ0v) is 25.0. The van der Waals surface area contributed by atoms with Gasteiger partial charge in [-0.25, -0.2) is 0 Å². The maximum absolute atomic E-state index is 8.58. The predicted octanol–water partition coefficient (Wildman–Crippen LogP) is 7.36. The fourth-order valence-electron chi connectivity index (χ4n) is 4.51. The number of unbranched alkanes of at least 4 members (excludes halogenated alkanes) is 2. The van der Waals surface area contributed by atoms with Crippen LogP contribution in [0.3, 0.4) is 0 Å². The van der Waals surface area contributed by atoms with Crippen molar-refractivity contribution in [2.45, 2.75) is 85.5 Å². The van der Waals surface area contributed by atoms with E-state index >= 15 is 0 Å². The first kappa shape index (κ1) is 33.5. The molecule has 38 heavy (non-hydrogen) atoms. The lowest BCUT2D eigenvalue weighted by molar-refractivity contribution is -0.106. The molecule has 5 heteroatoms. The highest BCUT2D eigenvalue weighted by Crippen LogP contribution is 2.27. The Hall–Kier alpha value is -2.53. The Morgan fingerprint density at radius 3 is 2.08 bits per heavy atom. The second-order valence-electron chi connectivity index (χ2n) is 10.7. The average Bonchev–Trinajstić information content (AvgIpc) is 3.52. The third kappa shape index (κ3) is 15.7. The number of carbonyl (C=O) groups is 1. The van der Waals surface area contributed by atoms with Gasteiger partial charge in [0.1, 0.15) is 11.5 Å². The first-order chi connectivity index (χ1) is 18.4. The molecule has 1 aliphatic heterocycles. The van der Waals surface area contributed by atoms with E-state index in [1.165, 1.54) is 94.1 Å². The van der Waals surface area contributed by atoms with Gasteiger partial charge in [-0.15, -0.1) is 0 Å². The number of nitrogens with two attached hydrogens (primary N) is 1. The summed E-state index contributed by atoms with van der Waals surface area (Å²) in [4.78, 5) is 11.3. The highest BCUT2D eigenvalue weighted by molar-refractivity contribution is 5.42. The number of nitrogens with zero attached hydrogens (tertiary/aromatic N) is 1. The van der Waals surface area contributed by atoms with Gasteiger partial charge in [0.05, 0.1) is 14.2 Å². The summed E-state index contributed by atoms with van der Waals surface area (Å²) in [7, 11) is 3.42. The average molecular weight is 527 g/mol. The van der Waals surface area contributed by atoms with Gasteiger partial charge in [-0.3, -0.25) is 4.79 Å². The smallest absolute Gasteiger partial charge is 0.204 e. The monoisotopic (exact) mass is 526 g/mol. The number of methoxy groups -OCH3 is 2. The molecule has 0 spiro atoms. The Kier molecular flexibility index (Phi) is 18.0. The Bertz CT molecular complexity index is 859. The number of aryl methyl sites for hydroxylation is 2. The highest BCUT2D eigenvalue weighted by Gasteiger charge is 2.18. The number of ether oxygens (including phenoxy) is 2. The molecule has 214 valence electrons. The van der Waals surface area contributed by atoms with Crippen LogP contribution in [0, 0.1) is 25.7 Å². The molecule has 5 nitrogen and oxygen atoms in total. The third-order valence-electron chi connectivity index (χ3n) is 7.04. The fraction of sp³-hybridized carbons (Fsp3) is 0.606. The van der Waals surface area contributed by atoms with Crippen LogP contribution >= 0.6 is 0 Å². The third-order valence-corrected chi connectivity index (χ3v) is 7.04. The number of benzene rings is 2. The molecule has 2 fully saturated rings. The fourth-order valence-corrected chi connectivity index (χ4v) is 4.51. The summed E-state index contributed by atoms with van der Waals surface area (Å²) in [6, 6.07) is 14.7. The summed E-state index contributed by atoms with van der Waals surface area (Å²) in [6.07, 6.45) is 12.7. The lowest BCUT2D eigenvalue weighted by Crippen LogP contribution is -2.28. The molecule has 1 saturated heterocycles. The van der Waals surface area contributed by atoms with E-state index in [9.17, 15) is 0 Å². The Labute approximate surface area is 233 Å².